The van der Waals surface area contributed by atoms with E-state index >= 15 is 0 Å². The Morgan fingerprint density at radius 1 is 1.16 bits per heavy atom. The summed E-state index contributed by atoms with van der Waals surface area (Å²) < 4.78 is 18.9. The number of oxazole rings is 1. The normalized spacial score (nSPS) is 17.2. The standard InChI is InChI=1S/C20H26FN3O/c1-16-17(2)25-20(22-16)15-24-11-5-10-23(12-13-24)9-4-7-18-6-3-8-19(21)14-18/h3-4,6-8,14H,5,9-13,15H2,1-2H3/b7-4+. The highest BCUT2D eigenvalue weighted by Gasteiger charge is 2.16. The van der Waals surface area contributed by atoms with Crippen LogP contribution in [0, 0.1) is 19.7 Å². The van der Waals surface area contributed by atoms with E-state index < -0.39 is 0 Å². The lowest BCUT2D eigenvalue weighted by atomic mass is 10.2. The summed E-state index contributed by atoms with van der Waals surface area (Å²) in [7, 11) is 0. The molecular formula is C20H26FN3O. The van der Waals surface area contributed by atoms with Crippen molar-refractivity contribution in [3.63, 3.8) is 0 Å². The molecule has 1 aromatic heterocycles. The first-order valence-corrected chi connectivity index (χ1v) is 8.90. The van der Waals surface area contributed by atoms with Crippen molar-refractivity contribution >= 4 is 6.08 Å². The van der Waals surface area contributed by atoms with E-state index in [0.717, 1.165) is 68.6 Å². The first-order chi connectivity index (χ1) is 12.1. The smallest absolute Gasteiger partial charge is 0.208 e. The molecule has 4 nitrogen and oxygen atoms in total. The molecule has 1 aliphatic rings. The Labute approximate surface area is 149 Å². The van der Waals surface area contributed by atoms with E-state index in [0.29, 0.717) is 0 Å². The second-order valence-corrected chi connectivity index (χ2v) is 6.64. The van der Waals surface area contributed by atoms with Crippen LogP contribution in [0.3, 0.4) is 0 Å². The third-order valence-electron chi connectivity index (χ3n) is 4.64. The Balaban J connectivity index is 1.48. The molecule has 0 unspecified atom stereocenters. The van der Waals surface area contributed by atoms with Crippen molar-refractivity contribution in [2.75, 3.05) is 32.7 Å². The molecule has 134 valence electrons. The van der Waals surface area contributed by atoms with Gasteiger partial charge in [-0.1, -0.05) is 24.3 Å². The number of halogens is 1. The Kier molecular flexibility index (Phi) is 6.00. The van der Waals surface area contributed by atoms with Gasteiger partial charge in [0.05, 0.1) is 12.2 Å². The molecule has 3 rings (SSSR count). The monoisotopic (exact) mass is 343 g/mol. The first-order valence-electron chi connectivity index (χ1n) is 8.90. The first kappa shape index (κ1) is 17.8. The van der Waals surface area contributed by atoms with Crippen molar-refractivity contribution in [3.05, 3.63) is 59.1 Å². The van der Waals surface area contributed by atoms with E-state index in [1.807, 2.05) is 26.0 Å². The molecule has 0 radical (unpaired) electrons. The minimum absolute atomic E-state index is 0.190. The molecule has 1 aliphatic heterocycles. The second-order valence-electron chi connectivity index (χ2n) is 6.64. The minimum atomic E-state index is -0.190. The van der Waals surface area contributed by atoms with Gasteiger partial charge in [-0.2, -0.15) is 0 Å². The average Bonchev–Trinajstić information content (AvgIpc) is 2.76. The zero-order valence-corrected chi connectivity index (χ0v) is 15.0. The zero-order chi connectivity index (χ0) is 17.6. The van der Waals surface area contributed by atoms with Gasteiger partial charge in [0.25, 0.3) is 0 Å². The molecule has 1 saturated heterocycles. The maximum atomic E-state index is 13.2. The third kappa shape index (κ3) is 5.25. The Morgan fingerprint density at radius 2 is 1.96 bits per heavy atom. The van der Waals surface area contributed by atoms with Crippen LogP contribution < -0.4 is 0 Å². The van der Waals surface area contributed by atoms with Crippen molar-refractivity contribution in [2.45, 2.75) is 26.8 Å². The second kappa shape index (κ2) is 8.41. The SMILES string of the molecule is Cc1nc(CN2CCCN(C/C=C/c3cccc(F)c3)CC2)oc1C. The van der Waals surface area contributed by atoms with Gasteiger partial charge in [-0.3, -0.25) is 9.80 Å². The largest absolute Gasteiger partial charge is 0.444 e. The van der Waals surface area contributed by atoms with Crippen LogP contribution in [-0.4, -0.2) is 47.5 Å². The maximum Gasteiger partial charge on any atom is 0.208 e. The lowest BCUT2D eigenvalue weighted by Gasteiger charge is -2.19. The van der Waals surface area contributed by atoms with E-state index in [1.165, 1.54) is 6.07 Å². The van der Waals surface area contributed by atoms with Gasteiger partial charge in [0.15, 0.2) is 0 Å². The quantitative estimate of drug-likeness (QED) is 0.829. The van der Waals surface area contributed by atoms with Gasteiger partial charge in [0.1, 0.15) is 11.6 Å². The summed E-state index contributed by atoms with van der Waals surface area (Å²) >= 11 is 0. The van der Waals surface area contributed by atoms with Gasteiger partial charge in [-0.15, -0.1) is 0 Å². The molecule has 0 atom stereocenters. The lowest BCUT2D eigenvalue weighted by Crippen LogP contribution is -2.30. The molecular weight excluding hydrogens is 317 g/mol. The van der Waals surface area contributed by atoms with Crippen LogP contribution in [0.2, 0.25) is 0 Å². The number of hydrogen-bond donors (Lipinski definition) is 0. The number of rotatable bonds is 5. The highest BCUT2D eigenvalue weighted by atomic mass is 19.1. The molecule has 5 heteroatoms. The molecule has 0 bridgehead atoms. The Hall–Kier alpha value is -1.98. The van der Waals surface area contributed by atoms with E-state index in [1.54, 1.807) is 12.1 Å². The van der Waals surface area contributed by atoms with Crippen LogP contribution in [0.1, 0.15) is 29.3 Å². The lowest BCUT2D eigenvalue weighted by molar-refractivity contribution is 0.238. The van der Waals surface area contributed by atoms with Crippen molar-refractivity contribution in [1.29, 1.82) is 0 Å². The third-order valence-corrected chi connectivity index (χ3v) is 4.64. The van der Waals surface area contributed by atoms with Crippen LogP contribution in [-0.2, 0) is 6.54 Å². The fourth-order valence-corrected chi connectivity index (χ4v) is 3.11. The predicted molar refractivity (Wildman–Crippen MR) is 97.7 cm³/mol. The molecule has 0 aliphatic carbocycles. The van der Waals surface area contributed by atoms with Crippen molar-refractivity contribution < 1.29 is 8.81 Å². The van der Waals surface area contributed by atoms with Gasteiger partial charge < -0.3 is 4.42 Å². The summed E-state index contributed by atoms with van der Waals surface area (Å²) in [5.74, 6) is 1.54. The van der Waals surface area contributed by atoms with E-state index in [4.69, 9.17) is 4.42 Å². The topological polar surface area (TPSA) is 32.5 Å². The Bertz CT molecular complexity index is 706. The fraction of sp³-hybridized carbons (Fsp3) is 0.450. The predicted octanol–water partition coefficient (Wildman–Crippen LogP) is 3.65. The summed E-state index contributed by atoms with van der Waals surface area (Å²) in [6, 6.07) is 6.69. The number of nitrogens with zero attached hydrogens (tertiary/aromatic N) is 3. The van der Waals surface area contributed by atoms with E-state index in [9.17, 15) is 4.39 Å². The summed E-state index contributed by atoms with van der Waals surface area (Å²) in [5, 5.41) is 0. The van der Waals surface area contributed by atoms with E-state index in [-0.39, 0.29) is 5.82 Å². The summed E-state index contributed by atoms with van der Waals surface area (Å²) in [6.07, 6.45) is 5.24. The summed E-state index contributed by atoms with van der Waals surface area (Å²) in [4.78, 5) is 9.32. The number of aromatic nitrogens is 1. The van der Waals surface area contributed by atoms with Crippen LogP contribution in [0.5, 0.6) is 0 Å². The van der Waals surface area contributed by atoms with Crippen LogP contribution in [0.4, 0.5) is 4.39 Å². The zero-order valence-electron chi connectivity index (χ0n) is 15.0. The molecule has 0 amide bonds. The van der Waals surface area contributed by atoms with Crippen molar-refractivity contribution in [3.8, 4) is 0 Å². The van der Waals surface area contributed by atoms with Gasteiger partial charge in [-0.25, -0.2) is 9.37 Å². The molecule has 0 saturated carbocycles. The van der Waals surface area contributed by atoms with Gasteiger partial charge in [-0.05, 0) is 51.1 Å². The fourth-order valence-electron chi connectivity index (χ4n) is 3.11. The number of aryl methyl sites for hydroxylation is 2. The van der Waals surface area contributed by atoms with Gasteiger partial charge >= 0.3 is 0 Å². The van der Waals surface area contributed by atoms with Crippen LogP contribution in [0.25, 0.3) is 6.08 Å². The molecule has 2 aromatic rings. The number of benzene rings is 1. The molecule has 1 aromatic carbocycles. The van der Waals surface area contributed by atoms with Gasteiger partial charge in [0.2, 0.25) is 5.89 Å². The van der Waals surface area contributed by atoms with E-state index in [2.05, 4.69) is 20.9 Å². The maximum absolute atomic E-state index is 13.2. The van der Waals surface area contributed by atoms with Crippen LogP contribution in [0.15, 0.2) is 34.8 Å². The average molecular weight is 343 g/mol. The number of hydrogen-bond acceptors (Lipinski definition) is 4. The van der Waals surface area contributed by atoms with Crippen molar-refractivity contribution in [1.82, 2.24) is 14.8 Å². The summed E-state index contributed by atoms with van der Waals surface area (Å²) in [6.45, 7) is 9.78. The molecule has 1 fully saturated rings. The van der Waals surface area contributed by atoms with Crippen molar-refractivity contribution in [2.24, 2.45) is 0 Å². The molecule has 0 spiro atoms. The Morgan fingerprint density at radius 3 is 2.72 bits per heavy atom. The molecule has 0 N–H and O–H groups in total. The molecule has 25 heavy (non-hydrogen) atoms. The minimum Gasteiger partial charge on any atom is -0.444 e. The highest BCUT2D eigenvalue weighted by molar-refractivity contribution is 5.49. The van der Waals surface area contributed by atoms with Crippen LogP contribution >= 0.6 is 0 Å². The van der Waals surface area contributed by atoms with Gasteiger partial charge in [0, 0.05) is 19.6 Å². The summed E-state index contributed by atoms with van der Waals surface area (Å²) in [5.41, 5.74) is 1.89. The molecule has 2 heterocycles. The highest BCUT2D eigenvalue weighted by Crippen LogP contribution is 2.13.